The molecule has 0 atom stereocenters. The van der Waals surface area contributed by atoms with Crippen LogP contribution in [0.3, 0.4) is 0 Å². The number of hydrogen-bond acceptors (Lipinski definition) is 3. The molecule has 0 bridgehead atoms. The van der Waals surface area contributed by atoms with Crippen molar-refractivity contribution in [2.24, 2.45) is 0 Å². The second-order valence-corrected chi connectivity index (χ2v) is 6.68. The van der Waals surface area contributed by atoms with Gasteiger partial charge in [0.1, 0.15) is 4.88 Å². The van der Waals surface area contributed by atoms with E-state index >= 15 is 0 Å². The predicted octanol–water partition coefficient (Wildman–Crippen LogP) is 4.15. The van der Waals surface area contributed by atoms with Crippen LogP contribution in [0.5, 0.6) is 0 Å². The lowest BCUT2D eigenvalue weighted by molar-refractivity contribution is 0.0767. The Hall–Kier alpha value is -1.26. The Balaban J connectivity index is 1.96. The molecular formula is C15H17ClN2OS. The molecule has 1 fully saturated rings. The Kier molecular flexibility index (Phi) is 3.85. The van der Waals surface area contributed by atoms with Crippen molar-refractivity contribution in [1.82, 2.24) is 4.90 Å². The minimum atomic E-state index is 0.0710. The van der Waals surface area contributed by atoms with Gasteiger partial charge in [0, 0.05) is 28.2 Å². The fourth-order valence-corrected chi connectivity index (χ4v) is 3.91. The highest BCUT2D eigenvalue weighted by molar-refractivity contribution is 7.21. The van der Waals surface area contributed by atoms with Crippen molar-refractivity contribution in [2.45, 2.75) is 25.7 Å². The van der Waals surface area contributed by atoms with E-state index in [4.69, 9.17) is 17.3 Å². The Morgan fingerprint density at radius 1 is 1.20 bits per heavy atom. The van der Waals surface area contributed by atoms with E-state index in [9.17, 15) is 4.79 Å². The molecule has 1 aliphatic heterocycles. The fourth-order valence-electron chi connectivity index (χ4n) is 2.67. The number of amides is 1. The first-order valence-corrected chi connectivity index (χ1v) is 8.13. The van der Waals surface area contributed by atoms with Crippen molar-refractivity contribution in [1.29, 1.82) is 0 Å². The van der Waals surface area contributed by atoms with Gasteiger partial charge in [-0.1, -0.05) is 24.4 Å². The van der Waals surface area contributed by atoms with E-state index in [0.717, 1.165) is 36.0 Å². The molecule has 1 aliphatic rings. The van der Waals surface area contributed by atoms with Gasteiger partial charge in [-0.2, -0.15) is 0 Å². The SMILES string of the molecule is Nc1c(C(=O)N2CCCCCC2)sc2ccc(Cl)cc12. The molecule has 0 spiro atoms. The van der Waals surface area contributed by atoms with Gasteiger partial charge >= 0.3 is 0 Å². The second-order valence-electron chi connectivity index (χ2n) is 5.19. The van der Waals surface area contributed by atoms with Crippen LogP contribution in [0.1, 0.15) is 35.4 Å². The topological polar surface area (TPSA) is 46.3 Å². The van der Waals surface area contributed by atoms with E-state index in [1.807, 2.05) is 23.1 Å². The number of likely N-dealkylation sites (tertiary alicyclic amines) is 1. The zero-order chi connectivity index (χ0) is 14.1. The molecule has 0 unspecified atom stereocenters. The standard InChI is InChI=1S/C15H17ClN2OS/c16-10-5-6-12-11(9-10)13(17)14(20-12)15(19)18-7-3-1-2-4-8-18/h5-6,9H,1-4,7-8,17H2. The Morgan fingerprint density at radius 2 is 1.90 bits per heavy atom. The van der Waals surface area contributed by atoms with Gasteiger partial charge in [0.05, 0.1) is 5.69 Å². The molecule has 106 valence electrons. The minimum absolute atomic E-state index is 0.0710. The highest BCUT2D eigenvalue weighted by atomic mass is 35.5. The summed E-state index contributed by atoms with van der Waals surface area (Å²) >= 11 is 7.47. The zero-order valence-electron chi connectivity index (χ0n) is 11.2. The molecule has 3 nitrogen and oxygen atoms in total. The molecule has 2 heterocycles. The van der Waals surface area contributed by atoms with Crippen LogP contribution in [0.2, 0.25) is 5.02 Å². The first-order valence-electron chi connectivity index (χ1n) is 6.93. The summed E-state index contributed by atoms with van der Waals surface area (Å²) in [5.74, 6) is 0.0710. The molecule has 5 heteroatoms. The van der Waals surface area contributed by atoms with E-state index < -0.39 is 0 Å². The Bertz CT molecular complexity index is 645. The zero-order valence-corrected chi connectivity index (χ0v) is 12.8. The molecule has 0 radical (unpaired) electrons. The molecule has 20 heavy (non-hydrogen) atoms. The summed E-state index contributed by atoms with van der Waals surface area (Å²) in [7, 11) is 0. The number of fused-ring (bicyclic) bond motifs is 1. The Morgan fingerprint density at radius 3 is 2.60 bits per heavy atom. The molecule has 2 aromatic rings. The highest BCUT2D eigenvalue weighted by Crippen LogP contribution is 2.36. The van der Waals surface area contributed by atoms with Crippen LogP contribution in [-0.4, -0.2) is 23.9 Å². The van der Waals surface area contributed by atoms with Gasteiger partial charge in [-0.25, -0.2) is 0 Å². The second kappa shape index (κ2) is 5.62. The summed E-state index contributed by atoms with van der Waals surface area (Å²) in [4.78, 5) is 15.2. The van der Waals surface area contributed by atoms with Crippen LogP contribution < -0.4 is 5.73 Å². The molecule has 1 aromatic heterocycles. The molecule has 0 saturated carbocycles. The van der Waals surface area contributed by atoms with Crippen molar-refractivity contribution >= 4 is 44.6 Å². The average Bonchev–Trinajstić information content (AvgIpc) is 2.66. The summed E-state index contributed by atoms with van der Waals surface area (Å²) in [5, 5.41) is 1.54. The number of anilines is 1. The van der Waals surface area contributed by atoms with Gasteiger partial charge in [0.15, 0.2) is 0 Å². The third-order valence-corrected chi connectivity index (χ3v) is 5.19. The van der Waals surface area contributed by atoms with E-state index in [-0.39, 0.29) is 5.91 Å². The van der Waals surface area contributed by atoms with Crippen LogP contribution in [0.4, 0.5) is 5.69 Å². The normalized spacial score (nSPS) is 16.4. The lowest BCUT2D eigenvalue weighted by Gasteiger charge is -2.19. The van der Waals surface area contributed by atoms with Crippen molar-refractivity contribution in [3.05, 3.63) is 28.1 Å². The third-order valence-electron chi connectivity index (χ3n) is 3.78. The number of carbonyl (C=O) groups excluding carboxylic acids is 1. The maximum Gasteiger partial charge on any atom is 0.266 e. The van der Waals surface area contributed by atoms with Crippen molar-refractivity contribution < 1.29 is 4.79 Å². The number of thiophene rings is 1. The number of carbonyl (C=O) groups is 1. The number of hydrogen-bond donors (Lipinski definition) is 1. The number of benzene rings is 1. The first-order chi connectivity index (χ1) is 9.66. The smallest absolute Gasteiger partial charge is 0.266 e. The molecule has 1 aromatic carbocycles. The van der Waals surface area contributed by atoms with Crippen LogP contribution >= 0.6 is 22.9 Å². The molecule has 1 saturated heterocycles. The number of nitrogen functional groups attached to an aromatic ring is 1. The lowest BCUT2D eigenvalue weighted by Crippen LogP contribution is -2.31. The van der Waals surface area contributed by atoms with Crippen molar-refractivity contribution in [3.8, 4) is 0 Å². The summed E-state index contributed by atoms with van der Waals surface area (Å²) in [5.41, 5.74) is 6.73. The number of halogens is 1. The Labute approximate surface area is 127 Å². The van der Waals surface area contributed by atoms with Gasteiger partial charge < -0.3 is 10.6 Å². The molecule has 2 N–H and O–H groups in total. The fraction of sp³-hybridized carbons (Fsp3) is 0.400. The summed E-state index contributed by atoms with van der Waals surface area (Å²) in [6.45, 7) is 1.68. The van der Waals surface area contributed by atoms with E-state index in [0.29, 0.717) is 15.6 Å². The summed E-state index contributed by atoms with van der Waals surface area (Å²) in [6, 6.07) is 5.60. The number of rotatable bonds is 1. The lowest BCUT2D eigenvalue weighted by atomic mass is 10.2. The van der Waals surface area contributed by atoms with Crippen molar-refractivity contribution in [3.63, 3.8) is 0 Å². The first kappa shape index (κ1) is 13.7. The highest BCUT2D eigenvalue weighted by Gasteiger charge is 2.22. The predicted molar refractivity (Wildman–Crippen MR) is 85.6 cm³/mol. The third kappa shape index (κ3) is 2.50. The summed E-state index contributed by atoms with van der Waals surface area (Å²) < 4.78 is 1.02. The largest absolute Gasteiger partial charge is 0.397 e. The van der Waals surface area contributed by atoms with Crippen molar-refractivity contribution in [2.75, 3.05) is 18.8 Å². The van der Waals surface area contributed by atoms with E-state index in [1.54, 1.807) is 0 Å². The van der Waals surface area contributed by atoms with Crippen LogP contribution in [-0.2, 0) is 0 Å². The van der Waals surface area contributed by atoms with Gasteiger partial charge in [0.25, 0.3) is 5.91 Å². The minimum Gasteiger partial charge on any atom is -0.397 e. The maximum absolute atomic E-state index is 12.7. The quantitative estimate of drug-likeness (QED) is 0.860. The van der Waals surface area contributed by atoms with Gasteiger partial charge in [-0.05, 0) is 31.0 Å². The molecule has 3 rings (SSSR count). The monoisotopic (exact) mass is 308 g/mol. The van der Waals surface area contributed by atoms with Crippen LogP contribution in [0.15, 0.2) is 18.2 Å². The van der Waals surface area contributed by atoms with Gasteiger partial charge in [0.2, 0.25) is 0 Å². The molecular weight excluding hydrogens is 292 g/mol. The molecule has 0 aliphatic carbocycles. The van der Waals surface area contributed by atoms with Crippen LogP contribution in [0.25, 0.3) is 10.1 Å². The van der Waals surface area contributed by atoms with E-state index in [1.165, 1.54) is 24.2 Å². The average molecular weight is 309 g/mol. The number of nitrogens with two attached hydrogens (primary N) is 1. The molecule has 1 amide bonds. The van der Waals surface area contributed by atoms with Crippen LogP contribution in [0, 0.1) is 0 Å². The van der Waals surface area contributed by atoms with Gasteiger partial charge in [-0.15, -0.1) is 11.3 Å². The van der Waals surface area contributed by atoms with E-state index in [2.05, 4.69) is 0 Å². The summed E-state index contributed by atoms with van der Waals surface area (Å²) in [6.07, 6.45) is 4.59. The maximum atomic E-state index is 12.7. The number of nitrogens with zero attached hydrogens (tertiary/aromatic N) is 1. The van der Waals surface area contributed by atoms with Gasteiger partial charge in [-0.3, -0.25) is 4.79 Å².